The Morgan fingerprint density at radius 2 is 2.11 bits per heavy atom. The molecular weight excluding hydrogens is 316 g/mol. The molecule has 1 aromatic carbocycles. The number of amides is 1. The molecule has 0 saturated heterocycles. The maximum Gasteiger partial charge on any atom is 0.254 e. The number of benzene rings is 1. The monoisotopic (exact) mass is 332 g/mol. The zero-order valence-electron chi connectivity index (χ0n) is 10.8. The number of nitrogens with two attached hydrogens (primary N) is 1. The average molecular weight is 334 g/mol. The van der Waals surface area contributed by atoms with Crippen molar-refractivity contribution in [3.63, 3.8) is 0 Å². The van der Waals surface area contributed by atoms with Gasteiger partial charge < -0.3 is 10.6 Å². The van der Waals surface area contributed by atoms with Crippen molar-refractivity contribution >= 4 is 33.4 Å². The first-order chi connectivity index (χ1) is 8.26. The van der Waals surface area contributed by atoms with Crippen LogP contribution in [0.25, 0.3) is 0 Å². The molecule has 2 N–H and O–H groups in total. The fraction of sp³-hybridized carbons (Fsp3) is 0.462. The van der Waals surface area contributed by atoms with Crippen LogP contribution in [-0.4, -0.2) is 30.9 Å². The molecule has 3 nitrogen and oxygen atoms in total. The summed E-state index contributed by atoms with van der Waals surface area (Å²) in [4.78, 5) is 14.0. The number of halogens is 2. The van der Waals surface area contributed by atoms with Gasteiger partial charge in [-0.1, -0.05) is 25.4 Å². The Bertz CT molecular complexity index is 449. The minimum absolute atomic E-state index is 0.0416. The predicted octanol–water partition coefficient (Wildman–Crippen LogP) is 3.16. The second-order valence-corrected chi connectivity index (χ2v) is 6.44. The maximum atomic E-state index is 12.3. The highest BCUT2D eigenvalue weighted by atomic mass is 79.9. The van der Waals surface area contributed by atoms with E-state index in [1.807, 2.05) is 13.8 Å². The topological polar surface area (TPSA) is 46.3 Å². The van der Waals surface area contributed by atoms with Crippen molar-refractivity contribution in [2.24, 2.45) is 11.1 Å². The number of hydrogen-bond donors (Lipinski definition) is 1. The number of nitrogens with zero attached hydrogens (tertiary/aromatic N) is 1. The molecule has 0 fully saturated rings. The fourth-order valence-corrected chi connectivity index (χ4v) is 2.50. The van der Waals surface area contributed by atoms with E-state index in [1.165, 1.54) is 0 Å². The van der Waals surface area contributed by atoms with E-state index >= 15 is 0 Å². The molecule has 0 unspecified atom stereocenters. The van der Waals surface area contributed by atoms with Gasteiger partial charge in [-0.05, 0) is 46.1 Å². The van der Waals surface area contributed by atoms with Gasteiger partial charge >= 0.3 is 0 Å². The van der Waals surface area contributed by atoms with Crippen molar-refractivity contribution in [1.29, 1.82) is 0 Å². The Kier molecular flexibility index (Phi) is 5.20. The van der Waals surface area contributed by atoms with Gasteiger partial charge in [-0.3, -0.25) is 4.79 Å². The molecule has 5 heteroatoms. The number of rotatable bonds is 4. The smallest absolute Gasteiger partial charge is 0.254 e. The van der Waals surface area contributed by atoms with Crippen LogP contribution in [-0.2, 0) is 0 Å². The molecule has 1 amide bonds. The minimum Gasteiger partial charge on any atom is -0.341 e. The molecule has 0 spiro atoms. The first-order valence-corrected chi connectivity index (χ1v) is 6.84. The quantitative estimate of drug-likeness (QED) is 0.920. The minimum atomic E-state index is -0.0939. The third kappa shape index (κ3) is 3.97. The third-order valence-corrected chi connectivity index (χ3v) is 3.62. The van der Waals surface area contributed by atoms with Gasteiger partial charge in [0.05, 0.1) is 5.56 Å². The number of hydrogen-bond acceptors (Lipinski definition) is 2. The molecule has 0 aliphatic rings. The summed E-state index contributed by atoms with van der Waals surface area (Å²) >= 11 is 9.21. The Morgan fingerprint density at radius 3 is 2.61 bits per heavy atom. The summed E-state index contributed by atoms with van der Waals surface area (Å²) in [5, 5.41) is 0.600. The van der Waals surface area contributed by atoms with Crippen molar-refractivity contribution < 1.29 is 4.79 Å². The summed E-state index contributed by atoms with van der Waals surface area (Å²) in [6.45, 7) is 5.21. The van der Waals surface area contributed by atoms with Crippen molar-refractivity contribution in [3.8, 4) is 0 Å². The van der Waals surface area contributed by atoms with Crippen LogP contribution in [0.3, 0.4) is 0 Å². The molecule has 0 radical (unpaired) electrons. The predicted molar refractivity (Wildman–Crippen MR) is 78.9 cm³/mol. The van der Waals surface area contributed by atoms with Crippen molar-refractivity contribution in [1.82, 2.24) is 4.90 Å². The summed E-state index contributed by atoms with van der Waals surface area (Å²) in [6.07, 6.45) is 0. The normalized spacial score (nSPS) is 11.4. The highest BCUT2D eigenvalue weighted by Crippen LogP contribution is 2.23. The average Bonchev–Trinajstić information content (AvgIpc) is 2.27. The lowest BCUT2D eigenvalue weighted by atomic mass is 9.93. The number of carbonyl (C=O) groups excluding carboxylic acids is 1. The SMILES string of the molecule is CN(CC(C)(C)CN)C(=O)c1ccc(Cl)cc1Br. The first-order valence-electron chi connectivity index (χ1n) is 5.67. The summed E-state index contributed by atoms with van der Waals surface area (Å²) in [7, 11) is 1.78. The van der Waals surface area contributed by atoms with Gasteiger partial charge in [0.15, 0.2) is 0 Å². The zero-order valence-corrected chi connectivity index (χ0v) is 13.2. The van der Waals surface area contributed by atoms with Gasteiger partial charge in [-0.15, -0.1) is 0 Å². The zero-order chi connectivity index (χ0) is 13.9. The van der Waals surface area contributed by atoms with Crippen LogP contribution in [0.15, 0.2) is 22.7 Å². The molecule has 100 valence electrons. The van der Waals surface area contributed by atoms with Crippen molar-refractivity contribution in [2.75, 3.05) is 20.1 Å². The van der Waals surface area contributed by atoms with Crippen LogP contribution in [0.2, 0.25) is 5.02 Å². The number of carbonyl (C=O) groups is 1. The highest BCUT2D eigenvalue weighted by Gasteiger charge is 2.22. The summed E-state index contributed by atoms with van der Waals surface area (Å²) in [5.74, 6) is -0.0416. The van der Waals surface area contributed by atoms with Crippen LogP contribution < -0.4 is 5.73 Å². The van der Waals surface area contributed by atoms with Crippen LogP contribution in [0.5, 0.6) is 0 Å². The molecule has 0 aliphatic carbocycles. The standard InChI is InChI=1S/C13H18BrClN2O/c1-13(2,7-16)8-17(3)12(18)10-5-4-9(15)6-11(10)14/h4-6H,7-8,16H2,1-3H3. The summed E-state index contributed by atoms with van der Waals surface area (Å²) < 4.78 is 0.706. The van der Waals surface area contributed by atoms with Gasteiger partial charge in [0.1, 0.15) is 0 Å². The lowest BCUT2D eigenvalue weighted by molar-refractivity contribution is 0.0739. The van der Waals surface area contributed by atoms with E-state index in [2.05, 4.69) is 15.9 Å². The van der Waals surface area contributed by atoms with Crippen LogP contribution in [0.4, 0.5) is 0 Å². The molecule has 1 rings (SSSR count). The Morgan fingerprint density at radius 1 is 1.50 bits per heavy atom. The molecule has 0 saturated carbocycles. The van der Waals surface area contributed by atoms with Gasteiger partial charge in [0, 0.05) is 23.1 Å². The van der Waals surface area contributed by atoms with Crippen molar-refractivity contribution in [3.05, 3.63) is 33.3 Å². The van der Waals surface area contributed by atoms with Crippen molar-refractivity contribution in [2.45, 2.75) is 13.8 Å². The largest absolute Gasteiger partial charge is 0.341 e. The van der Waals surface area contributed by atoms with E-state index in [9.17, 15) is 4.79 Å². The highest BCUT2D eigenvalue weighted by molar-refractivity contribution is 9.10. The van der Waals surface area contributed by atoms with E-state index < -0.39 is 0 Å². The van der Waals surface area contributed by atoms with Gasteiger partial charge in [-0.25, -0.2) is 0 Å². The second kappa shape index (κ2) is 6.04. The van der Waals surface area contributed by atoms with E-state index in [0.29, 0.717) is 28.1 Å². The second-order valence-electron chi connectivity index (χ2n) is 5.15. The molecule has 0 heterocycles. The molecule has 0 aliphatic heterocycles. The van der Waals surface area contributed by atoms with Gasteiger partial charge in [0.2, 0.25) is 0 Å². The molecule has 1 aromatic rings. The summed E-state index contributed by atoms with van der Waals surface area (Å²) in [6, 6.07) is 5.15. The lowest BCUT2D eigenvalue weighted by Gasteiger charge is -2.29. The van der Waals surface area contributed by atoms with Crippen LogP contribution in [0, 0.1) is 5.41 Å². The Hall–Kier alpha value is -0.580. The van der Waals surface area contributed by atoms with Gasteiger partial charge in [-0.2, -0.15) is 0 Å². The Labute approximate surface area is 121 Å². The molecule has 0 atom stereocenters. The van der Waals surface area contributed by atoms with Crippen LogP contribution >= 0.6 is 27.5 Å². The molecule has 0 aromatic heterocycles. The third-order valence-electron chi connectivity index (χ3n) is 2.73. The summed E-state index contributed by atoms with van der Waals surface area (Å²) in [5.41, 5.74) is 6.19. The fourth-order valence-electron chi connectivity index (χ4n) is 1.65. The van der Waals surface area contributed by atoms with Gasteiger partial charge in [0.25, 0.3) is 5.91 Å². The molecule has 0 bridgehead atoms. The molecular formula is C13H18BrClN2O. The van der Waals surface area contributed by atoms with E-state index in [1.54, 1.807) is 30.1 Å². The maximum absolute atomic E-state index is 12.3. The lowest BCUT2D eigenvalue weighted by Crippen LogP contribution is -2.39. The Balaban J connectivity index is 2.87. The van der Waals surface area contributed by atoms with E-state index in [-0.39, 0.29) is 11.3 Å². The van der Waals surface area contributed by atoms with E-state index in [0.717, 1.165) is 0 Å². The van der Waals surface area contributed by atoms with E-state index in [4.69, 9.17) is 17.3 Å². The molecule has 18 heavy (non-hydrogen) atoms. The van der Waals surface area contributed by atoms with Crippen LogP contribution in [0.1, 0.15) is 24.2 Å². The first kappa shape index (κ1) is 15.5.